The minimum absolute atomic E-state index is 0.546. The Morgan fingerprint density at radius 1 is 1.00 bits per heavy atom. The Morgan fingerprint density at radius 3 is 2.29 bits per heavy atom. The number of hydrogen-bond donors (Lipinski definition) is 2. The molecule has 0 aliphatic heterocycles. The van der Waals surface area contributed by atoms with Crippen LogP contribution in [-0.2, 0) is 6.42 Å². The minimum atomic E-state index is -1.44. The van der Waals surface area contributed by atoms with Crippen molar-refractivity contribution in [1.29, 1.82) is 0 Å². The van der Waals surface area contributed by atoms with Crippen molar-refractivity contribution < 1.29 is 10.0 Å². The molecule has 0 radical (unpaired) electrons. The predicted molar refractivity (Wildman–Crippen MR) is 89.5 cm³/mol. The lowest BCUT2D eigenvalue weighted by Crippen LogP contribution is -2.31. The summed E-state index contributed by atoms with van der Waals surface area (Å²) in [4.78, 5) is 0. The fourth-order valence-electron chi connectivity index (χ4n) is 2.80. The Balaban J connectivity index is 2.19. The van der Waals surface area contributed by atoms with Crippen molar-refractivity contribution in [3.8, 4) is 11.1 Å². The van der Waals surface area contributed by atoms with E-state index >= 15 is 0 Å². The molecular formula is C18H23BO2. The number of benzene rings is 2. The summed E-state index contributed by atoms with van der Waals surface area (Å²) < 4.78 is 0. The van der Waals surface area contributed by atoms with Crippen molar-refractivity contribution in [2.75, 3.05) is 0 Å². The highest BCUT2D eigenvalue weighted by molar-refractivity contribution is 6.60. The van der Waals surface area contributed by atoms with Gasteiger partial charge in [-0.2, -0.15) is 0 Å². The Morgan fingerprint density at radius 2 is 1.67 bits per heavy atom. The maximum Gasteiger partial charge on any atom is 0.489 e. The molecule has 0 aromatic heterocycles. The molecule has 0 bridgehead atoms. The monoisotopic (exact) mass is 282 g/mol. The van der Waals surface area contributed by atoms with Crippen LogP contribution in [0.25, 0.3) is 11.1 Å². The van der Waals surface area contributed by atoms with E-state index in [0.29, 0.717) is 11.4 Å². The van der Waals surface area contributed by atoms with Gasteiger partial charge in [-0.05, 0) is 34.5 Å². The van der Waals surface area contributed by atoms with Crippen LogP contribution in [0.15, 0.2) is 48.5 Å². The first-order valence-corrected chi connectivity index (χ1v) is 7.66. The van der Waals surface area contributed by atoms with Gasteiger partial charge in [-0.25, -0.2) is 0 Å². The summed E-state index contributed by atoms with van der Waals surface area (Å²) in [7, 11) is -1.44. The van der Waals surface area contributed by atoms with Crippen LogP contribution in [0.5, 0.6) is 0 Å². The highest BCUT2D eigenvalue weighted by Gasteiger charge is 2.16. The van der Waals surface area contributed by atoms with Crippen LogP contribution in [0.1, 0.15) is 32.3 Å². The molecule has 0 aliphatic carbocycles. The quantitative estimate of drug-likeness (QED) is 0.800. The van der Waals surface area contributed by atoms with Gasteiger partial charge in [0.25, 0.3) is 0 Å². The summed E-state index contributed by atoms with van der Waals surface area (Å²) in [6.45, 7) is 4.51. The third-order valence-electron chi connectivity index (χ3n) is 3.87. The van der Waals surface area contributed by atoms with Crippen LogP contribution in [0.4, 0.5) is 0 Å². The van der Waals surface area contributed by atoms with Crippen LogP contribution in [-0.4, -0.2) is 17.2 Å². The standard InChI is InChI=1S/C18H23BO2/c1-3-6-14(2)13-15-9-11-16(12-10-15)17-7-4-5-8-18(17)19(20)21/h4-5,7-12,14,20-21H,3,6,13H2,1-2H3. The first-order valence-electron chi connectivity index (χ1n) is 7.66. The molecule has 0 heterocycles. The Hall–Kier alpha value is -1.58. The molecule has 110 valence electrons. The van der Waals surface area contributed by atoms with E-state index in [1.807, 2.05) is 18.2 Å². The molecule has 1 atom stereocenters. The second-order valence-electron chi connectivity index (χ2n) is 5.76. The van der Waals surface area contributed by atoms with E-state index in [1.54, 1.807) is 6.07 Å². The fraction of sp³-hybridized carbons (Fsp3) is 0.333. The zero-order valence-electron chi connectivity index (χ0n) is 12.8. The molecule has 2 N–H and O–H groups in total. The van der Waals surface area contributed by atoms with Gasteiger partial charge < -0.3 is 10.0 Å². The van der Waals surface area contributed by atoms with E-state index in [2.05, 4.69) is 38.1 Å². The van der Waals surface area contributed by atoms with Crippen LogP contribution in [0.3, 0.4) is 0 Å². The summed E-state index contributed by atoms with van der Waals surface area (Å²) in [5.74, 6) is 0.701. The van der Waals surface area contributed by atoms with Gasteiger partial charge in [-0.1, -0.05) is 75.2 Å². The van der Waals surface area contributed by atoms with Crippen molar-refractivity contribution >= 4 is 12.6 Å². The van der Waals surface area contributed by atoms with Gasteiger partial charge in [0.1, 0.15) is 0 Å². The summed E-state index contributed by atoms with van der Waals surface area (Å²) in [6, 6.07) is 15.8. The molecule has 0 amide bonds. The van der Waals surface area contributed by atoms with Gasteiger partial charge in [-0.3, -0.25) is 0 Å². The van der Waals surface area contributed by atoms with E-state index < -0.39 is 7.12 Å². The van der Waals surface area contributed by atoms with E-state index in [4.69, 9.17) is 0 Å². The second kappa shape index (κ2) is 7.44. The number of rotatable bonds is 6. The maximum atomic E-state index is 9.45. The van der Waals surface area contributed by atoms with Crippen LogP contribution >= 0.6 is 0 Å². The molecule has 2 rings (SSSR count). The molecule has 0 aliphatic rings. The fourth-order valence-corrected chi connectivity index (χ4v) is 2.80. The summed E-state index contributed by atoms with van der Waals surface area (Å²) in [5, 5.41) is 18.9. The molecule has 2 nitrogen and oxygen atoms in total. The topological polar surface area (TPSA) is 40.5 Å². The van der Waals surface area contributed by atoms with Gasteiger partial charge in [0, 0.05) is 0 Å². The maximum absolute atomic E-state index is 9.45. The molecule has 1 unspecified atom stereocenters. The Kier molecular flexibility index (Phi) is 5.60. The van der Waals surface area contributed by atoms with Gasteiger partial charge in [0.2, 0.25) is 0 Å². The molecule has 0 saturated carbocycles. The third-order valence-corrected chi connectivity index (χ3v) is 3.87. The molecule has 21 heavy (non-hydrogen) atoms. The molecule has 3 heteroatoms. The normalized spacial score (nSPS) is 12.2. The number of hydrogen-bond acceptors (Lipinski definition) is 2. The molecule has 2 aromatic carbocycles. The van der Waals surface area contributed by atoms with Crippen LogP contribution in [0, 0.1) is 5.92 Å². The smallest absolute Gasteiger partial charge is 0.423 e. The molecular weight excluding hydrogens is 259 g/mol. The van der Waals surface area contributed by atoms with Gasteiger partial charge in [0.15, 0.2) is 0 Å². The molecule has 0 fully saturated rings. The third kappa shape index (κ3) is 4.19. The molecule has 0 saturated heterocycles. The highest BCUT2D eigenvalue weighted by atomic mass is 16.4. The van der Waals surface area contributed by atoms with E-state index in [1.165, 1.54) is 18.4 Å². The minimum Gasteiger partial charge on any atom is -0.423 e. The molecule has 0 spiro atoms. The van der Waals surface area contributed by atoms with Crippen molar-refractivity contribution in [3.05, 3.63) is 54.1 Å². The van der Waals surface area contributed by atoms with Gasteiger partial charge >= 0.3 is 7.12 Å². The lowest BCUT2D eigenvalue weighted by molar-refractivity contribution is 0.426. The Labute approximate surface area is 127 Å². The van der Waals surface area contributed by atoms with Crippen molar-refractivity contribution in [2.45, 2.75) is 33.1 Å². The largest absolute Gasteiger partial charge is 0.489 e. The summed E-state index contributed by atoms with van der Waals surface area (Å²) in [6.07, 6.45) is 3.57. The zero-order chi connectivity index (χ0) is 15.2. The van der Waals surface area contributed by atoms with Crippen LogP contribution < -0.4 is 5.46 Å². The zero-order valence-corrected chi connectivity index (χ0v) is 12.8. The van der Waals surface area contributed by atoms with Crippen molar-refractivity contribution in [2.24, 2.45) is 5.92 Å². The average Bonchev–Trinajstić information content (AvgIpc) is 2.48. The summed E-state index contributed by atoms with van der Waals surface area (Å²) >= 11 is 0. The molecule has 2 aromatic rings. The lowest BCUT2D eigenvalue weighted by atomic mass is 9.75. The lowest BCUT2D eigenvalue weighted by Gasteiger charge is -2.12. The highest BCUT2D eigenvalue weighted by Crippen LogP contribution is 2.20. The SMILES string of the molecule is CCCC(C)Cc1ccc(-c2ccccc2B(O)O)cc1. The van der Waals surface area contributed by atoms with Crippen molar-refractivity contribution in [3.63, 3.8) is 0 Å². The predicted octanol–water partition coefficient (Wildman–Crippen LogP) is 3.01. The van der Waals surface area contributed by atoms with E-state index in [-0.39, 0.29) is 0 Å². The van der Waals surface area contributed by atoms with Crippen molar-refractivity contribution in [1.82, 2.24) is 0 Å². The van der Waals surface area contributed by atoms with Gasteiger partial charge in [-0.15, -0.1) is 0 Å². The first-order chi connectivity index (χ1) is 10.1. The first kappa shape index (κ1) is 15.8. The average molecular weight is 282 g/mol. The summed E-state index contributed by atoms with van der Waals surface area (Å²) in [5.41, 5.74) is 3.78. The Bertz CT molecular complexity index is 564. The van der Waals surface area contributed by atoms with E-state index in [0.717, 1.165) is 17.5 Å². The van der Waals surface area contributed by atoms with Gasteiger partial charge in [0.05, 0.1) is 0 Å². The van der Waals surface area contributed by atoms with E-state index in [9.17, 15) is 10.0 Å². The van der Waals surface area contributed by atoms with Crippen LogP contribution in [0.2, 0.25) is 0 Å². The second-order valence-corrected chi connectivity index (χ2v) is 5.76.